The fourth-order valence-electron chi connectivity index (χ4n) is 1.89. The molecular formula is C15H14BrClN2O. The largest absolute Gasteiger partial charge is 0.368 e. The summed E-state index contributed by atoms with van der Waals surface area (Å²) in [4.78, 5) is 11.6. The third-order valence-corrected chi connectivity index (χ3v) is 4.15. The van der Waals surface area contributed by atoms with Crippen LogP contribution in [0.3, 0.4) is 0 Å². The third-order valence-electron chi connectivity index (χ3n) is 2.91. The van der Waals surface area contributed by atoms with Crippen LogP contribution in [0.25, 0.3) is 0 Å². The first-order chi connectivity index (χ1) is 9.58. The average molecular weight is 354 g/mol. The van der Waals surface area contributed by atoms with Crippen LogP contribution in [-0.4, -0.2) is 5.91 Å². The maximum absolute atomic E-state index is 11.6. The molecule has 0 aliphatic carbocycles. The normalized spacial score (nSPS) is 12.1. The van der Waals surface area contributed by atoms with Crippen molar-refractivity contribution < 1.29 is 4.79 Å². The lowest BCUT2D eigenvalue weighted by Crippen LogP contribution is -2.33. The molecule has 2 aromatic carbocycles. The van der Waals surface area contributed by atoms with Gasteiger partial charge in [-0.15, -0.1) is 0 Å². The van der Waals surface area contributed by atoms with Crippen molar-refractivity contribution in [2.75, 3.05) is 0 Å². The molecule has 5 heteroatoms. The molecule has 20 heavy (non-hydrogen) atoms. The molecule has 1 amide bonds. The van der Waals surface area contributed by atoms with Gasteiger partial charge in [0.05, 0.1) is 5.02 Å². The molecule has 0 radical (unpaired) electrons. The third kappa shape index (κ3) is 3.82. The van der Waals surface area contributed by atoms with Gasteiger partial charge < -0.3 is 5.73 Å². The highest BCUT2D eigenvalue weighted by molar-refractivity contribution is 9.10. The molecule has 2 aromatic rings. The van der Waals surface area contributed by atoms with Crippen molar-refractivity contribution in [3.63, 3.8) is 0 Å². The Bertz CT molecular complexity index is 604. The quantitative estimate of drug-likeness (QED) is 0.865. The number of hydrogen-bond donors (Lipinski definition) is 2. The first-order valence-electron chi connectivity index (χ1n) is 6.09. The molecule has 3 N–H and O–H groups in total. The Balaban J connectivity index is 2.15. The molecule has 3 nitrogen and oxygen atoms in total. The molecule has 0 saturated heterocycles. The lowest BCUT2D eigenvalue weighted by Gasteiger charge is -2.16. The van der Waals surface area contributed by atoms with E-state index in [4.69, 9.17) is 17.3 Å². The Labute approximate surface area is 131 Å². The number of nitrogens with two attached hydrogens (primary N) is 1. The Hall–Kier alpha value is -1.36. The van der Waals surface area contributed by atoms with Gasteiger partial charge in [-0.25, -0.2) is 0 Å². The van der Waals surface area contributed by atoms with Gasteiger partial charge in [0.2, 0.25) is 5.91 Å². The van der Waals surface area contributed by atoms with Gasteiger partial charge in [-0.2, -0.15) is 0 Å². The summed E-state index contributed by atoms with van der Waals surface area (Å²) >= 11 is 9.38. The van der Waals surface area contributed by atoms with Crippen LogP contribution < -0.4 is 11.1 Å². The Morgan fingerprint density at radius 3 is 2.55 bits per heavy atom. The standard InChI is InChI=1S/C15H14BrClN2O/c16-12-7-6-11(8-13(12)17)14(15(18)20)19-9-10-4-2-1-3-5-10/h1-8,14,19H,9H2,(H2,18,20). The van der Waals surface area contributed by atoms with E-state index in [0.717, 1.165) is 15.6 Å². The van der Waals surface area contributed by atoms with Gasteiger partial charge in [0, 0.05) is 11.0 Å². The molecule has 2 rings (SSSR count). The summed E-state index contributed by atoms with van der Waals surface area (Å²) in [6.45, 7) is 0.558. The monoisotopic (exact) mass is 352 g/mol. The fraction of sp³-hybridized carbons (Fsp3) is 0.133. The Morgan fingerprint density at radius 2 is 1.95 bits per heavy atom. The zero-order chi connectivity index (χ0) is 14.5. The maximum atomic E-state index is 11.6. The van der Waals surface area contributed by atoms with Crippen LogP contribution in [0.4, 0.5) is 0 Å². The van der Waals surface area contributed by atoms with Crippen molar-refractivity contribution >= 4 is 33.4 Å². The summed E-state index contributed by atoms with van der Waals surface area (Å²) in [7, 11) is 0. The van der Waals surface area contributed by atoms with Gasteiger partial charge in [-0.05, 0) is 39.2 Å². The molecule has 0 heterocycles. The van der Waals surface area contributed by atoms with E-state index < -0.39 is 11.9 Å². The second-order valence-electron chi connectivity index (χ2n) is 4.38. The van der Waals surface area contributed by atoms with Crippen molar-refractivity contribution in [1.82, 2.24) is 5.32 Å². The van der Waals surface area contributed by atoms with Crippen LogP contribution in [0.15, 0.2) is 53.0 Å². The van der Waals surface area contributed by atoms with Crippen LogP contribution in [0.5, 0.6) is 0 Å². The van der Waals surface area contributed by atoms with E-state index in [-0.39, 0.29) is 0 Å². The Morgan fingerprint density at radius 1 is 1.25 bits per heavy atom. The smallest absolute Gasteiger partial charge is 0.239 e. The molecule has 0 aliphatic heterocycles. The number of hydrogen-bond acceptors (Lipinski definition) is 2. The number of rotatable bonds is 5. The molecule has 0 saturated carbocycles. The number of carbonyl (C=O) groups is 1. The van der Waals surface area contributed by atoms with Gasteiger partial charge in [0.15, 0.2) is 0 Å². The number of primary amides is 1. The van der Waals surface area contributed by atoms with E-state index in [2.05, 4.69) is 21.2 Å². The van der Waals surface area contributed by atoms with Crippen LogP contribution in [0.1, 0.15) is 17.2 Å². The molecule has 104 valence electrons. The van der Waals surface area contributed by atoms with Crippen LogP contribution in [-0.2, 0) is 11.3 Å². The second kappa shape index (κ2) is 6.88. The van der Waals surface area contributed by atoms with Crippen LogP contribution in [0.2, 0.25) is 5.02 Å². The zero-order valence-corrected chi connectivity index (χ0v) is 13.0. The highest BCUT2D eigenvalue weighted by Gasteiger charge is 2.18. The lowest BCUT2D eigenvalue weighted by atomic mass is 10.1. The molecule has 0 aromatic heterocycles. The van der Waals surface area contributed by atoms with Crippen molar-refractivity contribution in [3.05, 3.63) is 69.2 Å². The maximum Gasteiger partial charge on any atom is 0.239 e. The van der Waals surface area contributed by atoms with Crippen molar-refractivity contribution in [2.45, 2.75) is 12.6 Å². The van der Waals surface area contributed by atoms with E-state index in [1.165, 1.54) is 0 Å². The molecule has 0 bridgehead atoms. The van der Waals surface area contributed by atoms with E-state index in [9.17, 15) is 4.79 Å². The average Bonchev–Trinajstić information content (AvgIpc) is 2.43. The second-order valence-corrected chi connectivity index (χ2v) is 5.64. The summed E-state index contributed by atoms with van der Waals surface area (Å²) < 4.78 is 0.786. The van der Waals surface area contributed by atoms with Gasteiger partial charge in [-0.1, -0.05) is 48.0 Å². The minimum atomic E-state index is -0.569. The van der Waals surface area contributed by atoms with E-state index in [1.807, 2.05) is 36.4 Å². The molecule has 1 atom stereocenters. The first kappa shape index (κ1) is 15.0. The number of nitrogens with one attached hydrogen (secondary N) is 1. The van der Waals surface area contributed by atoms with Crippen LogP contribution in [0, 0.1) is 0 Å². The molecule has 0 aliphatic rings. The van der Waals surface area contributed by atoms with Gasteiger partial charge in [-0.3, -0.25) is 10.1 Å². The minimum absolute atomic E-state index is 0.431. The highest BCUT2D eigenvalue weighted by atomic mass is 79.9. The molecule has 1 unspecified atom stereocenters. The summed E-state index contributed by atoms with van der Waals surface area (Å²) in [5.74, 6) is -0.431. The summed E-state index contributed by atoms with van der Waals surface area (Å²) in [5, 5.41) is 3.70. The lowest BCUT2D eigenvalue weighted by molar-refractivity contribution is -0.120. The van der Waals surface area contributed by atoms with Crippen molar-refractivity contribution in [3.8, 4) is 0 Å². The van der Waals surface area contributed by atoms with E-state index in [0.29, 0.717) is 11.6 Å². The number of halogens is 2. The summed E-state index contributed by atoms with van der Waals surface area (Å²) in [6, 6.07) is 14.6. The topological polar surface area (TPSA) is 55.1 Å². The summed E-state index contributed by atoms with van der Waals surface area (Å²) in [5.41, 5.74) is 7.30. The number of amides is 1. The van der Waals surface area contributed by atoms with Gasteiger partial charge >= 0.3 is 0 Å². The van der Waals surface area contributed by atoms with E-state index >= 15 is 0 Å². The fourth-order valence-corrected chi connectivity index (χ4v) is 2.33. The number of carbonyl (C=O) groups excluding carboxylic acids is 1. The minimum Gasteiger partial charge on any atom is -0.368 e. The molecule has 0 spiro atoms. The SMILES string of the molecule is NC(=O)C(NCc1ccccc1)c1ccc(Br)c(Cl)c1. The molecule has 0 fully saturated rings. The summed E-state index contributed by atoms with van der Waals surface area (Å²) in [6.07, 6.45) is 0. The number of benzene rings is 2. The first-order valence-corrected chi connectivity index (χ1v) is 7.26. The van der Waals surface area contributed by atoms with Gasteiger partial charge in [0.1, 0.15) is 6.04 Å². The zero-order valence-electron chi connectivity index (χ0n) is 10.6. The van der Waals surface area contributed by atoms with E-state index in [1.54, 1.807) is 12.1 Å². The molecular weight excluding hydrogens is 340 g/mol. The highest BCUT2D eigenvalue weighted by Crippen LogP contribution is 2.26. The van der Waals surface area contributed by atoms with Crippen molar-refractivity contribution in [2.24, 2.45) is 5.73 Å². The predicted octanol–water partition coefficient (Wildman–Crippen LogP) is 3.42. The van der Waals surface area contributed by atoms with Crippen molar-refractivity contribution in [1.29, 1.82) is 0 Å². The predicted molar refractivity (Wildman–Crippen MR) is 84.4 cm³/mol. The van der Waals surface area contributed by atoms with Crippen LogP contribution >= 0.6 is 27.5 Å². The Kier molecular flexibility index (Phi) is 5.17. The van der Waals surface area contributed by atoms with Gasteiger partial charge in [0.25, 0.3) is 0 Å².